The fourth-order valence-electron chi connectivity index (χ4n) is 3.00. The molecule has 3 heteroatoms. The summed E-state index contributed by atoms with van der Waals surface area (Å²) in [5.41, 5.74) is 0. The SMILES string of the molecule is CCCNC(CN1CCCCC1)C1CCOC1. The molecule has 0 bridgehead atoms. The molecule has 2 fully saturated rings. The molecule has 2 aliphatic heterocycles. The van der Waals surface area contributed by atoms with Gasteiger partial charge in [0, 0.05) is 25.1 Å². The molecule has 0 saturated carbocycles. The molecule has 2 saturated heterocycles. The molecular weight excluding hydrogens is 212 g/mol. The van der Waals surface area contributed by atoms with Crippen molar-refractivity contribution in [1.29, 1.82) is 0 Å². The molecule has 1 N–H and O–H groups in total. The monoisotopic (exact) mass is 240 g/mol. The Morgan fingerprint density at radius 2 is 2.12 bits per heavy atom. The molecule has 2 heterocycles. The average Bonchev–Trinajstić information content (AvgIpc) is 2.89. The van der Waals surface area contributed by atoms with Crippen LogP contribution in [0.15, 0.2) is 0 Å². The Hall–Kier alpha value is -0.120. The maximum atomic E-state index is 5.55. The molecule has 0 amide bonds. The standard InChI is InChI=1S/C14H28N2O/c1-2-7-15-14(13-6-10-17-12-13)11-16-8-4-3-5-9-16/h13-15H,2-12H2,1H3. The normalized spacial score (nSPS) is 28.4. The van der Waals surface area contributed by atoms with Crippen LogP contribution in [-0.4, -0.2) is 50.3 Å². The van der Waals surface area contributed by atoms with Gasteiger partial charge in [-0.1, -0.05) is 13.3 Å². The molecule has 0 aliphatic carbocycles. The highest BCUT2D eigenvalue weighted by atomic mass is 16.5. The van der Waals surface area contributed by atoms with Gasteiger partial charge in [0.25, 0.3) is 0 Å². The van der Waals surface area contributed by atoms with Crippen molar-refractivity contribution in [1.82, 2.24) is 10.2 Å². The van der Waals surface area contributed by atoms with Gasteiger partial charge < -0.3 is 15.0 Å². The summed E-state index contributed by atoms with van der Waals surface area (Å²) in [6.45, 7) is 9.17. The van der Waals surface area contributed by atoms with Crippen LogP contribution in [0.5, 0.6) is 0 Å². The lowest BCUT2D eigenvalue weighted by Crippen LogP contribution is -2.47. The molecule has 17 heavy (non-hydrogen) atoms. The van der Waals surface area contributed by atoms with Crippen molar-refractivity contribution in [3.63, 3.8) is 0 Å². The number of likely N-dealkylation sites (tertiary alicyclic amines) is 1. The second kappa shape index (κ2) is 7.34. The minimum atomic E-state index is 0.649. The van der Waals surface area contributed by atoms with Crippen LogP contribution < -0.4 is 5.32 Å². The second-order valence-electron chi connectivity index (χ2n) is 5.55. The van der Waals surface area contributed by atoms with E-state index < -0.39 is 0 Å². The summed E-state index contributed by atoms with van der Waals surface area (Å²) in [6, 6.07) is 0.649. The Balaban J connectivity index is 1.80. The second-order valence-corrected chi connectivity index (χ2v) is 5.55. The van der Waals surface area contributed by atoms with E-state index in [2.05, 4.69) is 17.1 Å². The van der Waals surface area contributed by atoms with E-state index in [4.69, 9.17) is 4.74 Å². The Morgan fingerprint density at radius 1 is 1.29 bits per heavy atom. The fourth-order valence-corrected chi connectivity index (χ4v) is 3.00. The van der Waals surface area contributed by atoms with Crippen LogP contribution in [0.25, 0.3) is 0 Å². The molecule has 0 aromatic rings. The lowest BCUT2D eigenvalue weighted by molar-refractivity contribution is 0.152. The molecule has 2 aliphatic rings. The van der Waals surface area contributed by atoms with E-state index in [9.17, 15) is 0 Å². The van der Waals surface area contributed by atoms with Crippen LogP contribution in [-0.2, 0) is 4.74 Å². The van der Waals surface area contributed by atoms with Crippen LogP contribution in [0.1, 0.15) is 39.0 Å². The average molecular weight is 240 g/mol. The Kier molecular flexibility index (Phi) is 5.75. The Labute approximate surface area is 106 Å². The third-order valence-corrected chi connectivity index (χ3v) is 4.09. The third-order valence-electron chi connectivity index (χ3n) is 4.09. The van der Waals surface area contributed by atoms with E-state index in [1.807, 2.05) is 0 Å². The molecule has 0 aromatic heterocycles. The number of nitrogens with one attached hydrogen (secondary N) is 1. The summed E-state index contributed by atoms with van der Waals surface area (Å²) in [5.74, 6) is 0.739. The highest BCUT2D eigenvalue weighted by Crippen LogP contribution is 2.19. The lowest BCUT2D eigenvalue weighted by Gasteiger charge is -2.33. The number of nitrogens with zero attached hydrogens (tertiary/aromatic N) is 1. The van der Waals surface area contributed by atoms with Gasteiger partial charge in [-0.15, -0.1) is 0 Å². The molecular formula is C14H28N2O. The predicted molar refractivity (Wildman–Crippen MR) is 71.3 cm³/mol. The molecule has 0 radical (unpaired) electrons. The van der Waals surface area contributed by atoms with Gasteiger partial charge in [-0.3, -0.25) is 0 Å². The summed E-state index contributed by atoms with van der Waals surface area (Å²) >= 11 is 0. The molecule has 100 valence electrons. The summed E-state index contributed by atoms with van der Waals surface area (Å²) in [7, 11) is 0. The van der Waals surface area contributed by atoms with E-state index in [1.54, 1.807) is 0 Å². The van der Waals surface area contributed by atoms with Gasteiger partial charge in [0.05, 0.1) is 6.61 Å². The lowest BCUT2D eigenvalue weighted by atomic mass is 9.97. The maximum absolute atomic E-state index is 5.55. The molecule has 3 nitrogen and oxygen atoms in total. The van der Waals surface area contributed by atoms with Gasteiger partial charge in [0.15, 0.2) is 0 Å². The highest BCUT2D eigenvalue weighted by Gasteiger charge is 2.27. The smallest absolute Gasteiger partial charge is 0.0510 e. The summed E-state index contributed by atoms with van der Waals surface area (Å²) in [4.78, 5) is 2.65. The number of rotatable bonds is 6. The van der Waals surface area contributed by atoms with Crippen molar-refractivity contribution in [3.8, 4) is 0 Å². The molecule has 2 atom stereocenters. The van der Waals surface area contributed by atoms with Crippen molar-refractivity contribution < 1.29 is 4.74 Å². The minimum absolute atomic E-state index is 0.649. The van der Waals surface area contributed by atoms with Gasteiger partial charge in [-0.05, 0) is 45.3 Å². The summed E-state index contributed by atoms with van der Waals surface area (Å²) in [6.07, 6.45) is 6.68. The Bertz CT molecular complexity index is 198. The van der Waals surface area contributed by atoms with Crippen molar-refractivity contribution in [2.45, 2.75) is 45.1 Å². The van der Waals surface area contributed by atoms with E-state index in [1.165, 1.54) is 51.7 Å². The van der Waals surface area contributed by atoms with Crippen molar-refractivity contribution in [2.75, 3.05) is 39.4 Å². The zero-order chi connectivity index (χ0) is 11.9. The van der Waals surface area contributed by atoms with Gasteiger partial charge in [0.1, 0.15) is 0 Å². The van der Waals surface area contributed by atoms with Gasteiger partial charge in [0.2, 0.25) is 0 Å². The first kappa shape index (κ1) is 13.3. The number of hydrogen-bond donors (Lipinski definition) is 1. The molecule has 0 aromatic carbocycles. The van der Waals surface area contributed by atoms with Crippen molar-refractivity contribution >= 4 is 0 Å². The molecule has 2 rings (SSSR count). The third kappa shape index (κ3) is 4.23. The summed E-state index contributed by atoms with van der Waals surface area (Å²) in [5, 5.41) is 3.74. The zero-order valence-electron chi connectivity index (χ0n) is 11.3. The van der Waals surface area contributed by atoms with Crippen LogP contribution in [0.4, 0.5) is 0 Å². The number of piperidine rings is 1. The van der Waals surface area contributed by atoms with E-state index in [-0.39, 0.29) is 0 Å². The zero-order valence-corrected chi connectivity index (χ0v) is 11.3. The Morgan fingerprint density at radius 3 is 2.76 bits per heavy atom. The quantitative estimate of drug-likeness (QED) is 0.767. The van der Waals surface area contributed by atoms with Gasteiger partial charge in [-0.2, -0.15) is 0 Å². The van der Waals surface area contributed by atoms with Crippen LogP contribution in [0.3, 0.4) is 0 Å². The first-order valence-electron chi connectivity index (χ1n) is 7.43. The maximum Gasteiger partial charge on any atom is 0.0510 e. The first-order valence-corrected chi connectivity index (χ1v) is 7.43. The molecule has 2 unspecified atom stereocenters. The van der Waals surface area contributed by atoms with Crippen LogP contribution >= 0.6 is 0 Å². The first-order chi connectivity index (χ1) is 8.40. The summed E-state index contributed by atoms with van der Waals surface area (Å²) < 4.78 is 5.55. The number of ether oxygens (including phenoxy) is 1. The van der Waals surface area contributed by atoms with Gasteiger partial charge >= 0.3 is 0 Å². The topological polar surface area (TPSA) is 24.5 Å². The van der Waals surface area contributed by atoms with E-state index in [0.29, 0.717) is 6.04 Å². The van der Waals surface area contributed by atoms with Crippen molar-refractivity contribution in [2.24, 2.45) is 5.92 Å². The molecule has 0 spiro atoms. The highest BCUT2D eigenvalue weighted by molar-refractivity contribution is 4.83. The largest absolute Gasteiger partial charge is 0.381 e. The van der Waals surface area contributed by atoms with E-state index >= 15 is 0 Å². The minimum Gasteiger partial charge on any atom is -0.381 e. The van der Waals surface area contributed by atoms with Gasteiger partial charge in [-0.25, -0.2) is 0 Å². The van der Waals surface area contributed by atoms with Crippen molar-refractivity contribution in [3.05, 3.63) is 0 Å². The predicted octanol–water partition coefficient (Wildman–Crippen LogP) is 1.88. The fraction of sp³-hybridized carbons (Fsp3) is 1.00. The van der Waals surface area contributed by atoms with Crippen LogP contribution in [0.2, 0.25) is 0 Å². The number of hydrogen-bond acceptors (Lipinski definition) is 3. The van der Waals surface area contributed by atoms with E-state index in [0.717, 1.165) is 25.7 Å². The van der Waals surface area contributed by atoms with Crippen LogP contribution in [0, 0.1) is 5.92 Å².